The zero-order valence-electron chi connectivity index (χ0n) is 9.69. The summed E-state index contributed by atoms with van der Waals surface area (Å²) in [4.78, 5) is -0.0609. The molecule has 0 aromatic heterocycles. The zero-order valence-corrected chi connectivity index (χ0v) is 10.5. The molecule has 0 aliphatic rings. The molecule has 1 rings (SSSR count). The number of aryl methyl sites for hydroxylation is 2. The fourth-order valence-electron chi connectivity index (χ4n) is 1.71. The highest BCUT2D eigenvalue weighted by atomic mass is 32.2. The van der Waals surface area contributed by atoms with Crippen molar-refractivity contribution >= 4 is 10.1 Å². The van der Waals surface area contributed by atoms with Gasteiger partial charge >= 0.3 is 0 Å². The van der Waals surface area contributed by atoms with Gasteiger partial charge in [0.1, 0.15) is 10.1 Å². The predicted molar refractivity (Wildman–Crippen MR) is 62.4 cm³/mol. The quantitative estimate of drug-likeness (QED) is 0.588. The van der Waals surface area contributed by atoms with Gasteiger partial charge in [-0.2, -0.15) is 0 Å². The highest BCUT2D eigenvalue weighted by Crippen LogP contribution is 2.19. The Morgan fingerprint density at radius 1 is 1.25 bits per heavy atom. The lowest BCUT2D eigenvalue weighted by Crippen LogP contribution is -2.04. The van der Waals surface area contributed by atoms with E-state index in [1.807, 2.05) is 6.92 Å². The molecule has 0 heterocycles. The van der Waals surface area contributed by atoms with E-state index in [-0.39, 0.29) is 4.90 Å². The molecule has 0 unspecified atom stereocenters. The second-order valence-corrected chi connectivity index (χ2v) is 5.37. The average molecular weight is 241 g/mol. The summed E-state index contributed by atoms with van der Waals surface area (Å²) in [6, 6.07) is 4.87. The highest BCUT2D eigenvalue weighted by molar-refractivity contribution is 7.85. The molecule has 0 N–H and O–H groups in total. The average Bonchev–Trinajstić information content (AvgIpc) is 2.16. The largest absolute Gasteiger partial charge is 0.744 e. The second kappa shape index (κ2) is 5.46. The molecule has 0 aliphatic heterocycles. The fourth-order valence-corrected chi connectivity index (χ4v) is 2.43. The van der Waals surface area contributed by atoms with Crippen molar-refractivity contribution in [3.63, 3.8) is 0 Å². The molecule has 0 atom stereocenters. The van der Waals surface area contributed by atoms with Crippen LogP contribution in [0, 0.1) is 6.92 Å². The smallest absolute Gasteiger partial charge is 0.124 e. The third-order valence-electron chi connectivity index (χ3n) is 2.53. The van der Waals surface area contributed by atoms with Crippen LogP contribution >= 0.6 is 0 Å². The molecule has 0 saturated carbocycles. The minimum atomic E-state index is -4.34. The number of hydrogen-bond donors (Lipinski definition) is 0. The van der Waals surface area contributed by atoms with Crippen LogP contribution < -0.4 is 0 Å². The predicted octanol–water partition coefficient (Wildman–Crippen LogP) is 2.63. The van der Waals surface area contributed by atoms with Crippen molar-refractivity contribution in [3.05, 3.63) is 29.3 Å². The summed E-state index contributed by atoms with van der Waals surface area (Å²) in [5.41, 5.74) is 1.64. The molecule has 1 aromatic carbocycles. The third-order valence-corrected chi connectivity index (χ3v) is 3.47. The summed E-state index contributed by atoms with van der Waals surface area (Å²) in [5.74, 6) is 0. The Kier molecular flexibility index (Phi) is 4.50. The Hall–Kier alpha value is -0.870. The van der Waals surface area contributed by atoms with Gasteiger partial charge in [0.25, 0.3) is 0 Å². The van der Waals surface area contributed by atoms with Crippen LogP contribution in [0.4, 0.5) is 0 Å². The first-order valence-electron chi connectivity index (χ1n) is 5.50. The van der Waals surface area contributed by atoms with Gasteiger partial charge in [0.15, 0.2) is 0 Å². The maximum atomic E-state index is 11.0. The van der Waals surface area contributed by atoms with Crippen LogP contribution in [0.2, 0.25) is 0 Å². The van der Waals surface area contributed by atoms with Crippen molar-refractivity contribution in [1.82, 2.24) is 0 Å². The van der Waals surface area contributed by atoms with Crippen molar-refractivity contribution < 1.29 is 13.0 Å². The van der Waals surface area contributed by atoms with E-state index < -0.39 is 10.1 Å². The molecule has 0 saturated heterocycles. The van der Waals surface area contributed by atoms with E-state index in [1.54, 1.807) is 12.1 Å². The number of benzene rings is 1. The molecule has 16 heavy (non-hydrogen) atoms. The molecule has 0 bridgehead atoms. The van der Waals surface area contributed by atoms with Crippen LogP contribution in [0.15, 0.2) is 23.1 Å². The summed E-state index contributed by atoms with van der Waals surface area (Å²) in [5, 5.41) is 0. The minimum Gasteiger partial charge on any atom is -0.744 e. The van der Waals surface area contributed by atoms with Crippen LogP contribution in [0.1, 0.15) is 37.3 Å². The molecular formula is C12H17O3S-. The molecule has 0 spiro atoms. The van der Waals surface area contributed by atoms with Crippen molar-refractivity contribution in [2.45, 2.75) is 44.4 Å². The van der Waals surface area contributed by atoms with Gasteiger partial charge in [0.2, 0.25) is 0 Å². The Labute approximate surface area is 97.2 Å². The van der Waals surface area contributed by atoms with E-state index in [1.165, 1.54) is 6.07 Å². The normalized spacial score (nSPS) is 11.7. The van der Waals surface area contributed by atoms with Gasteiger partial charge in [0.05, 0.1) is 4.90 Å². The second-order valence-electron chi connectivity index (χ2n) is 4.02. The first kappa shape index (κ1) is 13.2. The lowest BCUT2D eigenvalue weighted by Gasteiger charge is -2.13. The number of rotatable bonds is 5. The van der Waals surface area contributed by atoms with E-state index in [2.05, 4.69) is 6.92 Å². The van der Waals surface area contributed by atoms with Crippen molar-refractivity contribution in [1.29, 1.82) is 0 Å². The topological polar surface area (TPSA) is 57.2 Å². The van der Waals surface area contributed by atoms with Crippen LogP contribution in [0.25, 0.3) is 0 Å². The Morgan fingerprint density at radius 2 is 1.94 bits per heavy atom. The molecule has 90 valence electrons. The Bertz CT molecular complexity index is 449. The van der Waals surface area contributed by atoms with Gasteiger partial charge in [-0.1, -0.05) is 37.5 Å². The standard InChI is InChI=1S/C12H18O3S/c1-3-4-5-6-11-9-10(2)7-8-12(11)16(13,14)15/h7-9H,3-6H2,1-2H3,(H,13,14,15)/p-1. The first-order valence-corrected chi connectivity index (χ1v) is 6.91. The minimum absolute atomic E-state index is 0.0609. The lowest BCUT2D eigenvalue weighted by atomic mass is 10.1. The summed E-state index contributed by atoms with van der Waals surface area (Å²) < 4.78 is 33.1. The Balaban J connectivity index is 3.00. The van der Waals surface area contributed by atoms with E-state index >= 15 is 0 Å². The molecule has 0 amide bonds. The number of hydrogen-bond acceptors (Lipinski definition) is 3. The van der Waals surface area contributed by atoms with Gasteiger partial charge in [-0.05, 0) is 31.4 Å². The zero-order chi connectivity index (χ0) is 12.2. The van der Waals surface area contributed by atoms with Gasteiger partial charge < -0.3 is 4.55 Å². The van der Waals surface area contributed by atoms with Gasteiger partial charge in [-0.25, -0.2) is 8.42 Å². The van der Waals surface area contributed by atoms with E-state index in [9.17, 15) is 13.0 Å². The first-order chi connectivity index (χ1) is 7.45. The summed E-state index contributed by atoms with van der Waals surface area (Å²) in [6.07, 6.45) is 3.70. The summed E-state index contributed by atoms with van der Waals surface area (Å²) in [6.45, 7) is 3.98. The van der Waals surface area contributed by atoms with Gasteiger partial charge in [-0.3, -0.25) is 0 Å². The van der Waals surface area contributed by atoms with Crippen LogP contribution in [-0.4, -0.2) is 13.0 Å². The molecule has 0 fully saturated rings. The van der Waals surface area contributed by atoms with Gasteiger partial charge in [0, 0.05) is 0 Å². The maximum Gasteiger partial charge on any atom is 0.124 e. The molecule has 1 aromatic rings. The summed E-state index contributed by atoms with van der Waals surface area (Å²) >= 11 is 0. The summed E-state index contributed by atoms with van der Waals surface area (Å²) in [7, 11) is -4.34. The van der Waals surface area contributed by atoms with E-state index in [0.29, 0.717) is 12.0 Å². The lowest BCUT2D eigenvalue weighted by molar-refractivity contribution is 0.461. The molecule has 4 heteroatoms. The SMILES string of the molecule is CCCCCc1cc(C)ccc1S(=O)(=O)[O-]. The third kappa shape index (κ3) is 3.61. The van der Waals surface area contributed by atoms with Crippen LogP contribution in [0.5, 0.6) is 0 Å². The van der Waals surface area contributed by atoms with Gasteiger partial charge in [-0.15, -0.1) is 0 Å². The van der Waals surface area contributed by atoms with Crippen molar-refractivity contribution in [3.8, 4) is 0 Å². The molecule has 3 nitrogen and oxygen atoms in total. The molecule has 0 radical (unpaired) electrons. The van der Waals surface area contributed by atoms with Crippen molar-refractivity contribution in [2.24, 2.45) is 0 Å². The Morgan fingerprint density at radius 3 is 2.50 bits per heavy atom. The fraction of sp³-hybridized carbons (Fsp3) is 0.500. The molecule has 0 aliphatic carbocycles. The highest BCUT2D eigenvalue weighted by Gasteiger charge is 2.08. The monoisotopic (exact) mass is 241 g/mol. The van der Waals surface area contributed by atoms with Crippen LogP contribution in [0.3, 0.4) is 0 Å². The van der Waals surface area contributed by atoms with E-state index in [0.717, 1.165) is 24.8 Å². The van der Waals surface area contributed by atoms with E-state index in [4.69, 9.17) is 0 Å². The number of unbranched alkanes of at least 4 members (excludes halogenated alkanes) is 2. The van der Waals surface area contributed by atoms with Crippen molar-refractivity contribution in [2.75, 3.05) is 0 Å². The van der Waals surface area contributed by atoms with Crippen LogP contribution in [-0.2, 0) is 16.5 Å². The maximum absolute atomic E-state index is 11.0. The molecular weight excluding hydrogens is 224 g/mol.